The lowest BCUT2D eigenvalue weighted by molar-refractivity contribution is 0.414. The maximum Gasteiger partial charge on any atom is 0.119 e. The summed E-state index contributed by atoms with van der Waals surface area (Å²) in [7, 11) is 3.68. The molecule has 1 aromatic carbocycles. The number of hydrogen-bond acceptors (Lipinski definition) is 2. The van der Waals surface area contributed by atoms with Gasteiger partial charge in [-0.1, -0.05) is 12.1 Å². The molecule has 0 radical (unpaired) electrons. The van der Waals surface area contributed by atoms with Crippen molar-refractivity contribution >= 4 is 5.57 Å². The lowest BCUT2D eigenvalue weighted by atomic mass is 10.1. The number of hydrogen-bond donors (Lipinski definition) is 1. The minimum atomic E-state index is 0.931. The molecular formula is C12H15NO. The first-order chi connectivity index (χ1) is 6.85. The number of nitrogens with one attached hydrogen (secondary N) is 1. The zero-order chi connectivity index (χ0) is 9.97. The van der Waals surface area contributed by atoms with Gasteiger partial charge < -0.3 is 10.1 Å². The molecule has 0 fully saturated rings. The summed E-state index contributed by atoms with van der Waals surface area (Å²) in [5.41, 5.74) is 4.11. The third-order valence-corrected chi connectivity index (χ3v) is 2.60. The lowest BCUT2D eigenvalue weighted by Gasteiger charge is -2.07. The topological polar surface area (TPSA) is 21.3 Å². The van der Waals surface area contributed by atoms with Gasteiger partial charge in [0.25, 0.3) is 0 Å². The molecular weight excluding hydrogens is 174 g/mol. The number of methoxy groups -OCH3 is 1. The van der Waals surface area contributed by atoms with Gasteiger partial charge in [-0.05, 0) is 42.3 Å². The largest absolute Gasteiger partial charge is 0.497 e. The Bertz CT molecular complexity index is 369. The molecule has 0 saturated carbocycles. The molecule has 0 spiro atoms. The Hall–Kier alpha value is -1.28. The molecule has 2 nitrogen and oxygen atoms in total. The highest BCUT2D eigenvalue weighted by atomic mass is 16.5. The summed E-state index contributed by atoms with van der Waals surface area (Å²) in [5, 5.41) is 3.18. The van der Waals surface area contributed by atoms with Gasteiger partial charge in [-0.2, -0.15) is 0 Å². The normalized spacial score (nSPS) is 13.7. The number of benzene rings is 1. The summed E-state index contributed by atoms with van der Waals surface area (Å²) in [6.45, 7) is 0.931. The molecule has 0 aliphatic heterocycles. The van der Waals surface area contributed by atoms with Gasteiger partial charge in [-0.3, -0.25) is 0 Å². The molecule has 0 atom stereocenters. The average Bonchev–Trinajstić information content (AvgIpc) is 2.61. The summed E-state index contributed by atoms with van der Waals surface area (Å²) >= 11 is 0. The molecule has 2 heteroatoms. The molecule has 0 unspecified atom stereocenters. The van der Waals surface area contributed by atoms with Gasteiger partial charge in [0.1, 0.15) is 5.75 Å². The van der Waals surface area contributed by atoms with Gasteiger partial charge in [0.15, 0.2) is 0 Å². The van der Waals surface area contributed by atoms with Crippen molar-refractivity contribution in [1.82, 2.24) is 5.32 Å². The molecule has 14 heavy (non-hydrogen) atoms. The standard InChI is InChI=1S/C12H15NO/c1-13-8-10-4-3-9-5-6-11(14-2)7-12(9)10/h4-7,13H,3,8H2,1-2H3. The van der Waals surface area contributed by atoms with Gasteiger partial charge in [0.2, 0.25) is 0 Å². The van der Waals surface area contributed by atoms with E-state index in [0.717, 1.165) is 18.7 Å². The summed E-state index contributed by atoms with van der Waals surface area (Å²) in [5.74, 6) is 0.938. The van der Waals surface area contributed by atoms with Crippen molar-refractivity contribution in [2.75, 3.05) is 20.7 Å². The Morgan fingerprint density at radius 3 is 3.00 bits per heavy atom. The average molecular weight is 189 g/mol. The molecule has 0 bridgehead atoms. The molecule has 1 aromatic rings. The maximum atomic E-state index is 5.22. The monoisotopic (exact) mass is 189 g/mol. The Kier molecular flexibility index (Phi) is 2.55. The van der Waals surface area contributed by atoms with Crippen LogP contribution in [0.15, 0.2) is 24.3 Å². The van der Waals surface area contributed by atoms with E-state index >= 15 is 0 Å². The molecule has 1 aliphatic carbocycles. The van der Waals surface area contributed by atoms with Gasteiger partial charge in [0, 0.05) is 6.54 Å². The Morgan fingerprint density at radius 2 is 2.29 bits per heavy atom. The van der Waals surface area contributed by atoms with Crippen LogP contribution in [0.5, 0.6) is 5.75 Å². The van der Waals surface area contributed by atoms with Crippen LogP contribution in [0.1, 0.15) is 11.1 Å². The smallest absolute Gasteiger partial charge is 0.119 e. The maximum absolute atomic E-state index is 5.22. The summed E-state index contributed by atoms with van der Waals surface area (Å²) in [6, 6.07) is 6.29. The van der Waals surface area contributed by atoms with Crippen LogP contribution >= 0.6 is 0 Å². The minimum absolute atomic E-state index is 0.931. The number of likely N-dealkylation sites (N-methyl/N-ethyl adjacent to an activating group) is 1. The fourth-order valence-corrected chi connectivity index (χ4v) is 1.86. The number of fused-ring (bicyclic) bond motifs is 1. The molecule has 0 amide bonds. The van der Waals surface area contributed by atoms with Gasteiger partial charge >= 0.3 is 0 Å². The molecule has 1 N–H and O–H groups in total. The van der Waals surface area contributed by atoms with E-state index in [0.29, 0.717) is 0 Å². The first-order valence-electron chi connectivity index (χ1n) is 4.86. The van der Waals surface area contributed by atoms with Crippen LogP contribution in [-0.4, -0.2) is 20.7 Å². The Morgan fingerprint density at radius 1 is 1.43 bits per heavy atom. The highest BCUT2D eigenvalue weighted by Gasteiger charge is 2.13. The van der Waals surface area contributed by atoms with E-state index in [1.165, 1.54) is 16.7 Å². The molecule has 2 rings (SSSR count). The van der Waals surface area contributed by atoms with Crippen LogP contribution in [0.3, 0.4) is 0 Å². The second-order valence-electron chi connectivity index (χ2n) is 3.49. The highest BCUT2D eigenvalue weighted by molar-refractivity contribution is 5.75. The third-order valence-electron chi connectivity index (χ3n) is 2.60. The van der Waals surface area contributed by atoms with Crippen molar-refractivity contribution in [2.45, 2.75) is 6.42 Å². The van der Waals surface area contributed by atoms with E-state index in [2.05, 4.69) is 23.5 Å². The highest BCUT2D eigenvalue weighted by Crippen LogP contribution is 2.29. The van der Waals surface area contributed by atoms with Crippen LogP contribution in [0.25, 0.3) is 5.57 Å². The fraction of sp³-hybridized carbons (Fsp3) is 0.333. The number of ether oxygens (including phenoxy) is 1. The van der Waals surface area contributed by atoms with Crippen molar-refractivity contribution in [3.05, 3.63) is 35.4 Å². The third kappa shape index (κ3) is 1.53. The zero-order valence-electron chi connectivity index (χ0n) is 8.63. The minimum Gasteiger partial charge on any atom is -0.497 e. The molecule has 0 saturated heterocycles. The summed E-state index contributed by atoms with van der Waals surface area (Å²) in [6.07, 6.45) is 3.33. The zero-order valence-corrected chi connectivity index (χ0v) is 8.63. The van der Waals surface area contributed by atoms with Gasteiger partial charge in [-0.25, -0.2) is 0 Å². The molecule has 74 valence electrons. The SMILES string of the molecule is CNCC1=CCc2ccc(OC)cc21. The predicted octanol–water partition coefficient (Wildman–Crippen LogP) is 1.85. The van der Waals surface area contributed by atoms with Crippen molar-refractivity contribution in [2.24, 2.45) is 0 Å². The predicted molar refractivity (Wildman–Crippen MR) is 58.6 cm³/mol. The quantitative estimate of drug-likeness (QED) is 0.783. The number of allylic oxidation sites excluding steroid dienone is 1. The van der Waals surface area contributed by atoms with E-state index in [1.54, 1.807) is 7.11 Å². The van der Waals surface area contributed by atoms with E-state index in [-0.39, 0.29) is 0 Å². The fourth-order valence-electron chi connectivity index (χ4n) is 1.86. The van der Waals surface area contributed by atoms with Crippen LogP contribution in [0.2, 0.25) is 0 Å². The van der Waals surface area contributed by atoms with Crippen molar-refractivity contribution in [3.63, 3.8) is 0 Å². The van der Waals surface area contributed by atoms with Crippen LogP contribution < -0.4 is 10.1 Å². The van der Waals surface area contributed by atoms with Crippen molar-refractivity contribution in [1.29, 1.82) is 0 Å². The lowest BCUT2D eigenvalue weighted by Crippen LogP contribution is -2.08. The van der Waals surface area contributed by atoms with Crippen molar-refractivity contribution in [3.8, 4) is 5.75 Å². The van der Waals surface area contributed by atoms with E-state index in [4.69, 9.17) is 4.74 Å². The molecule has 1 aliphatic rings. The molecule has 0 aromatic heterocycles. The van der Waals surface area contributed by atoms with E-state index in [9.17, 15) is 0 Å². The van der Waals surface area contributed by atoms with Crippen LogP contribution in [0.4, 0.5) is 0 Å². The van der Waals surface area contributed by atoms with Crippen LogP contribution in [0, 0.1) is 0 Å². The van der Waals surface area contributed by atoms with Crippen LogP contribution in [-0.2, 0) is 6.42 Å². The van der Waals surface area contributed by atoms with E-state index in [1.807, 2.05) is 13.1 Å². The van der Waals surface area contributed by atoms with Crippen molar-refractivity contribution < 1.29 is 4.74 Å². The number of rotatable bonds is 3. The Balaban J connectivity index is 2.33. The summed E-state index contributed by atoms with van der Waals surface area (Å²) < 4.78 is 5.22. The Labute approximate surface area is 84.6 Å². The first-order valence-corrected chi connectivity index (χ1v) is 4.86. The van der Waals surface area contributed by atoms with Gasteiger partial charge in [0.05, 0.1) is 7.11 Å². The summed E-state index contributed by atoms with van der Waals surface area (Å²) in [4.78, 5) is 0. The van der Waals surface area contributed by atoms with E-state index < -0.39 is 0 Å². The first kappa shape index (κ1) is 9.28. The molecule has 0 heterocycles. The second-order valence-corrected chi connectivity index (χ2v) is 3.49. The second kappa shape index (κ2) is 3.84. The van der Waals surface area contributed by atoms with Gasteiger partial charge in [-0.15, -0.1) is 0 Å².